The zero-order valence-electron chi connectivity index (χ0n) is 56.0. The van der Waals surface area contributed by atoms with Crippen LogP contribution in [0.5, 0.6) is 0 Å². The van der Waals surface area contributed by atoms with E-state index in [1.807, 2.05) is 0 Å². The molecule has 0 aromatic heterocycles. The molecule has 0 aliphatic heterocycles. The predicted molar refractivity (Wildman–Crippen MR) is 362 cm³/mol. The van der Waals surface area contributed by atoms with Crippen molar-refractivity contribution < 1.29 is 28.6 Å². The Morgan fingerprint density at radius 3 is 0.687 bits per heavy atom. The maximum atomic E-state index is 13.0. The van der Waals surface area contributed by atoms with Gasteiger partial charge < -0.3 is 14.2 Å². The highest BCUT2D eigenvalue weighted by atomic mass is 16.6. The van der Waals surface area contributed by atoms with E-state index in [1.54, 1.807) is 0 Å². The molecule has 0 saturated carbocycles. The van der Waals surface area contributed by atoms with Crippen molar-refractivity contribution in [3.8, 4) is 0 Å². The SMILES string of the molecule is CCCCCCC/C=C\C/C=C\C/C=C\CCCCCCCCCCC(=O)OC(COC(=O)CCCCCCC/C=C\CCCCCCC)COC(=O)CCCCCCCCCCCCCCCCCCCCCCCCCCCCCC. The van der Waals surface area contributed by atoms with Crippen molar-refractivity contribution in [1.29, 1.82) is 0 Å². The van der Waals surface area contributed by atoms with Crippen molar-refractivity contribution in [3.05, 3.63) is 48.6 Å². The molecule has 0 bridgehead atoms. The maximum Gasteiger partial charge on any atom is 0.306 e. The third-order valence-corrected chi connectivity index (χ3v) is 16.8. The number of ether oxygens (including phenoxy) is 3. The van der Waals surface area contributed by atoms with E-state index in [-0.39, 0.29) is 31.1 Å². The number of carbonyl (C=O) groups excluding carboxylic acids is 3. The molecule has 486 valence electrons. The lowest BCUT2D eigenvalue weighted by Crippen LogP contribution is -2.30. The van der Waals surface area contributed by atoms with E-state index in [0.717, 1.165) is 83.5 Å². The van der Waals surface area contributed by atoms with Crippen LogP contribution in [0.2, 0.25) is 0 Å². The van der Waals surface area contributed by atoms with Gasteiger partial charge in [0.1, 0.15) is 13.2 Å². The third kappa shape index (κ3) is 70.0. The van der Waals surface area contributed by atoms with Gasteiger partial charge in [0, 0.05) is 19.3 Å². The van der Waals surface area contributed by atoms with Crippen LogP contribution in [0.3, 0.4) is 0 Å². The van der Waals surface area contributed by atoms with Gasteiger partial charge >= 0.3 is 17.9 Å². The van der Waals surface area contributed by atoms with Crippen LogP contribution < -0.4 is 0 Å². The first kappa shape index (κ1) is 80.4. The van der Waals surface area contributed by atoms with E-state index in [9.17, 15) is 14.4 Å². The molecule has 6 heteroatoms. The summed E-state index contributed by atoms with van der Waals surface area (Å²) in [6.45, 7) is 6.68. The van der Waals surface area contributed by atoms with Crippen molar-refractivity contribution in [2.24, 2.45) is 0 Å². The van der Waals surface area contributed by atoms with Gasteiger partial charge in [0.2, 0.25) is 0 Å². The highest BCUT2D eigenvalue weighted by Gasteiger charge is 2.19. The highest BCUT2D eigenvalue weighted by molar-refractivity contribution is 5.71. The topological polar surface area (TPSA) is 78.9 Å². The summed E-state index contributed by atoms with van der Waals surface area (Å²) in [6.07, 6.45) is 91.5. The Morgan fingerprint density at radius 2 is 0.434 bits per heavy atom. The van der Waals surface area contributed by atoms with E-state index in [2.05, 4.69) is 69.4 Å². The summed E-state index contributed by atoms with van der Waals surface area (Å²) < 4.78 is 17.0. The number of allylic oxidation sites excluding steroid dienone is 8. The van der Waals surface area contributed by atoms with Gasteiger partial charge in [0.25, 0.3) is 0 Å². The van der Waals surface area contributed by atoms with Crippen LogP contribution in [0.4, 0.5) is 0 Å². The average Bonchev–Trinajstić information content (AvgIpc) is 3.49. The number of unbranched alkanes of at least 4 members (excludes halogenated alkanes) is 50. The standard InChI is InChI=1S/C77H142O6/c1-4-7-10-13-16-19-22-25-28-30-32-34-36-37-38-39-40-42-43-45-47-49-52-55-58-61-64-67-70-76(79)82-73-74(72-81-75(78)69-66-63-60-57-54-51-27-24-21-18-15-12-9-6-3)83-77(80)71-68-65-62-59-56-53-50-48-46-44-41-35-33-31-29-26-23-20-17-14-11-8-5-2/h23-24,26-27,31,33,41,44,74H,4-22,25,28-30,32,34-40,42-43,45-73H2,1-3H3/b26-23-,27-24-,33-31-,44-41-. The molecule has 0 amide bonds. The summed E-state index contributed by atoms with van der Waals surface area (Å²) in [5.41, 5.74) is 0. The van der Waals surface area contributed by atoms with Gasteiger partial charge in [0.05, 0.1) is 0 Å². The molecule has 0 radical (unpaired) electrons. The number of carbonyl (C=O) groups is 3. The predicted octanol–water partition coefficient (Wildman–Crippen LogP) is 25.7. The van der Waals surface area contributed by atoms with Crippen molar-refractivity contribution in [1.82, 2.24) is 0 Å². The van der Waals surface area contributed by atoms with Crippen molar-refractivity contribution >= 4 is 17.9 Å². The zero-order valence-corrected chi connectivity index (χ0v) is 56.0. The van der Waals surface area contributed by atoms with E-state index in [0.29, 0.717) is 19.3 Å². The van der Waals surface area contributed by atoms with E-state index in [4.69, 9.17) is 14.2 Å². The Hall–Kier alpha value is -2.63. The summed E-state index contributed by atoms with van der Waals surface area (Å²) in [4.78, 5) is 38.5. The van der Waals surface area contributed by atoms with Gasteiger partial charge in [-0.15, -0.1) is 0 Å². The minimum absolute atomic E-state index is 0.0747. The third-order valence-electron chi connectivity index (χ3n) is 16.8. The summed E-state index contributed by atoms with van der Waals surface area (Å²) in [5, 5.41) is 0. The van der Waals surface area contributed by atoms with Crippen LogP contribution in [0, 0.1) is 0 Å². The van der Waals surface area contributed by atoms with Gasteiger partial charge in [-0.05, 0) is 83.5 Å². The molecule has 83 heavy (non-hydrogen) atoms. The first-order valence-corrected chi connectivity index (χ1v) is 37.1. The molecule has 0 N–H and O–H groups in total. The number of hydrogen-bond donors (Lipinski definition) is 0. The normalized spacial score (nSPS) is 12.3. The molecular formula is C77H142O6. The molecule has 0 saturated heterocycles. The summed E-state index contributed by atoms with van der Waals surface area (Å²) >= 11 is 0. The Bertz CT molecular complexity index is 1430. The van der Waals surface area contributed by atoms with Crippen LogP contribution in [-0.4, -0.2) is 37.2 Å². The summed E-state index contributed by atoms with van der Waals surface area (Å²) in [5.74, 6) is -0.864. The second-order valence-electron chi connectivity index (χ2n) is 25.2. The van der Waals surface area contributed by atoms with Crippen LogP contribution in [0.15, 0.2) is 48.6 Å². The molecule has 6 nitrogen and oxygen atoms in total. The Balaban J connectivity index is 4.24. The quantitative estimate of drug-likeness (QED) is 0.0261. The zero-order chi connectivity index (χ0) is 59.9. The minimum atomic E-state index is -0.781. The molecule has 1 atom stereocenters. The monoisotopic (exact) mass is 1160 g/mol. The molecule has 0 aromatic rings. The largest absolute Gasteiger partial charge is 0.462 e. The van der Waals surface area contributed by atoms with Crippen LogP contribution in [-0.2, 0) is 28.6 Å². The lowest BCUT2D eigenvalue weighted by atomic mass is 10.0. The molecule has 0 fully saturated rings. The molecular weight excluding hydrogens is 1020 g/mol. The molecule has 0 spiro atoms. The molecule has 0 rings (SSSR count). The lowest BCUT2D eigenvalue weighted by Gasteiger charge is -2.18. The smallest absolute Gasteiger partial charge is 0.306 e. The molecule has 0 aliphatic carbocycles. The number of esters is 3. The Labute approximate surface area is 518 Å². The van der Waals surface area contributed by atoms with Crippen LogP contribution >= 0.6 is 0 Å². The first-order chi connectivity index (χ1) is 41.0. The molecule has 0 aromatic carbocycles. The van der Waals surface area contributed by atoms with Gasteiger partial charge in [-0.1, -0.05) is 352 Å². The molecule has 0 aliphatic rings. The number of rotatable bonds is 69. The van der Waals surface area contributed by atoms with Gasteiger partial charge in [-0.3, -0.25) is 14.4 Å². The fourth-order valence-corrected chi connectivity index (χ4v) is 11.2. The Morgan fingerprint density at radius 1 is 0.241 bits per heavy atom. The fraction of sp³-hybridized carbons (Fsp3) is 0.857. The van der Waals surface area contributed by atoms with Crippen molar-refractivity contribution in [2.75, 3.05) is 13.2 Å². The maximum absolute atomic E-state index is 13.0. The van der Waals surface area contributed by atoms with Gasteiger partial charge in [-0.25, -0.2) is 0 Å². The molecule has 1 unspecified atom stereocenters. The van der Waals surface area contributed by atoms with Crippen LogP contribution in [0.1, 0.15) is 406 Å². The summed E-state index contributed by atoms with van der Waals surface area (Å²) in [7, 11) is 0. The van der Waals surface area contributed by atoms with Crippen LogP contribution in [0.25, 0.3) is 0 Å². The minimum Gasteiger partial charge on any atom is -0.462 e. The van der Waals surface area contributed by atoms with E-state index >= 15 is 0 Å². The second-order valence-corrected chi connectivity index (χ2v) is 25.2. The van der Waals surface area contributed by atoms with Crippen molar-refractivity contribution in [2.45, 2.75) is 412 Å². The average molecular weight is 1160 g/mol. The van der Waals surface area contributed by atoms with Gasteiger partial charge in [-0.2, -0.15) is 0 Å². The Kier molecular flexibility index (Phi) is 69.6. The molecule has 0 heterocycles. The number of hydrogen-bond acceptors (Lipinski definition) is 6. The first-order valence-electron chi connectivity index (χ1n) is 37.1. The second kappa shape index (κ2) is 71.8. The lowest BCUT2D eigenvalue weighted by molar-refractivity contribution is -0.167. The highest BCUT2D eigenvalue weighted by Crippen LogP contribution is 2.19. The van der Waals surface area contributed by atoms with Crippen molar-refractivity contribution in [3.63, 3.8) is 0 Å². The van der Waals surface area contributed by atoms with E-state index < -0.39 is 6.10 Å². The summed E-state index contributed by atoms with van der Waals surface area (Å²) in [6, 6.07) is 0. The fourth-order valence-electron chi connectivity index (χ4n) is 11.2. The van der Waals surface area contributed by atoms with E-state index in [1.165, 1.54) is 283 Å². The van der Waals surface area contributed by atoms with Gasteiger partial charge in [0.15, 0.2) is 6.10 Å².